The van der Waals surface area contributed by atoms with Crippen molar-refractivity contribution < 1.29 is 0 Å². The fourth-order valence-electron chi connectivity index (χ4n) is 4.44. The van der Waals surface area contributed by atoms with Crippen LogP contribution in [0.1, 0.15) is 5.56 Å². The molecule has 156 valence electrons. The van der Waals surface area contributed by atoms with Crippen LogP contribution >= 0.6 is 0 Å². The first kappa shape index (κ1) is 19.5. The molecule has 0 amide bonds. The SMILES string of the molecule is Cc1ccc(-c2ccc3ccc(-c4ccc(-c5ccc6ccccc6c5)nc4)cc3c2)cc1. The van der Waals surface area contributed by atoms with Gasteiger partial charge in [-0.15, -0.1) is 0 Å². The fraction of sp³-hybridized carbons (Fsp3) is 0.0312. The van der Waals surface area contributed by atoms with Crippen molar-refractivity contribution in [3.05, 3.63) is 127 Å². The molecule has 33 heavy (non-hydrogen) atoms. The Balaban J connectivity index is 1.34. The van der Waals surface area contributed by atoms with Gasteiger partial charge in [-0.1, -0.05) is 96.6 Å². The zero-order chi connectivity index (χ0) is 22.2. The molecule has 0 bridgehead atoms. The van der Waals surface area contributed by atoms with Gasteiger partial charge in [0.2, 0.25) is 0 Å². The van der Waals surface area contributed by atoms with Gasteiger partial charge in [-0.3, -0.25) is 4.98 Å². The minimum absolute atomic E-state index is 0.993. The molecule has 0 aliphatic rings. The smallest absolute Gasteiger partial charge is 0.0702 e. The lowest BCUT2D eigenvalue weighted by molar-refractivity contribution is 1.33. The molecule has 0 aliphatic heterocycles. The van der Waals surface area contributed by atoms with Gasteiger partial charge < -0.3 is 0 Å². The molecule has 0 N–H and O–H groups in total. The minimum atomic E-state index is 0.993. The van der Waals surface area contributed by atoms with Crippen LogP contribution in [-0.2, 0) is 0 Å². The summed E-state index contributed by atoms with van der Waals surface area (Å²) in [6, 6.07) is 41.3. The van der Waals surface area contributed by atoms with Gasteiger partial charge in [0, 0.05) is 17.3 Å². The van der Waals surface area contributed by atoms with Crippen LogP contribution in [0.15, 0.2) is 121 Å². The standard InChI is InChI=1S/C32H23N/c1-22-6-8-24(9-7-22)27-13-10-25-11-14-28(20-31(25)19-27)30-16-17-32(33-21-30)29-15-12-23-4-2-3-5-26(23)18-29/h2-21H,1H3. The van der Waals surface area contributed by atoms with Crippen LogP contribution in [-0.4, -0.2) is 4.98 Å². The average Bonchev–Trinajstić information content (AvgIpc) is 2.88. The van der Waals surface area contributed by atoms with E-state index in [0.717, 1.165) is 16.8 Å². The molecule has 0 saturated carbocycles. The summed E-state index contributed by atoms with van der Waals surface area (Å²) in [7, 11) is 0. The number of aryl methyl sites for hydroxylation is 1. The van der Waals surface area contributed by atoms with E-state index in [0.29, 0.717) is 0 Å². The van der Waals surface area contributed by atoms with Gasteiger partial charge in [-0.2, -0.15) is 0 Å². The number of rotatable bonds is 3. The van der Waals surface area contributed by atoms with Gasteiger partial charge in [0.25, 0.3) is 0 Å². The number of benzene rings is 5. The topological polar surface area (TPSA) is 12.9 Å². The Kier molecular flexibility index (Phi) is 4.74. The average molecular weight is 422 g/mol. The second-order valence-corrected chi connectivity index (χ2v) is 8.64. The van der Waals surface area contributed by atoms with Crippen LogP contribution in [0.25, 0.3) is 55.1 Å². The first-order valence-electron chi connectivity index (χ1n) is 11.3. The van der Waals surface area contributed by atoms with Crippen molar-refractivity contribution in [3.8, 4) is 33.5 Å². The van der Waals surface area contributed by atoms with Crippen molar-refractivity contribution in [3.63, 3.8) is 0 Å². The Morgan fingerprint density at radius 3 is 1.67 bits per heavy atom. The third-order valence-electron chi connectivity index (χ3n) is 6.37. The predicted octanol–water partition coefficient (Wildman–Crippen LogP) is 8.70. The van der Waals surface area contributed by atoms with E-state index in [1.54, 1.807) is 0 Å². The monoisotopic (exact) mass is 421 g/mol. The summed E-state index contributed by atoms with van der Waals surface area (Å²) >= 11 is 0. The Labute approximate surface area is 194 Å². The summed E-state index contributed by atoms with van der Waals surface area (Å²) in [6.45, 7) is 2.12. The van der Waals surface area contributed by atoms with Crippen LogP contribution in [0.5, 0.6) is 0 Å². The van der Waals surface area contributed by atoms with E-state index < -0.39 is 0 Å². The highest BCUT2D eigenvalue weighted by molar-refractivity contribution is 5.91. The molecule has 1 heteroatoms. The van der Waals surface area contributed by atoms with E-state index in [4.69, 9.17) is 4.98 Å². The number of hydrogen-bond acceptors (Lipinski definition) is 1. The summed E-state index contributed by atoms with van der Waals surface area (Å²) in [5.74, 6) is 0. The van der Waals surface area contributed by atoms with Crippen molar-refractivity contribution in [2.45, 2.75) is 6.92 Å². The maximum Gasteiger partial charge on any atom is 0.0702 e. The van der Waals surface area contributed by atoms with Gasteiger partial charge in [0.05, 0.1) is 5.69 Å². The van der Waals surface area contributed by atoms with E-state index >= 15 is 0 Å². The Bertz CT molecular complexity index is 1590. The molecule has 0 fully saturated rings. The molecule has 0 aliphatic carbocycles. The predicted molar refractivity (Wildman–Crippen MR) is 140 cm³/mol. The molecule has 1 aromatic heterocycles. The van der Waals surface area contributed by atoms with Crippen molar-refractivity contribution in [2.75, 3.05) is 0 Å². The first-order chi connectivity index (χ1) is 16.2. The van der Waals surface area contributed by atoms with Gasteiger partial charge >= 0.3 is 0 Å². The van der Waals surface area contributed by atoms with Crippen LogP contribution in [0.2, 0.25) is 0 Å². The third-order valence-corrected chi connectivity index (χ3v) is 6.37. The number of pyridine rings is 1. The maximum atomic E-state index is 4.79. The van der Waals surface area contributed by atoms with Crippen molar-refractivity contribution in [2.24, 2.45) is 0 Å². The zero-order valence-corrected chi connectivity index (χ0v) is 18.5. The Hall–Kier alpha value is -4.23. The number of nitrogens with zero attached hydrogens (tertiary/aromatic N) is 1. The highest BCUT2D eigenvalue weighted by atomic mass is 14.7. The van der Waals surface area contributed by atoms with Crippen LogP contribution < -0.4 is 0 Å². The molecule has 6 rings (SSSR count). The number of aromatic nitrogens is 1. The first-order valence-corrected chi connectivity index (χ1v) is 11.3. The normalized spacial score (nSPS) is 11.2. The summed E-state index contributed by atoms with van der Waals surface area (Å²) in [5, 5.41) is 4.97. The van der Waals surface area contributed by atoms with Gasteiger partial charge in [0.15, 0.2) is 0 Å². The minimum Gasteiger partial charge on any atom is -0.256 e. The molecule has 5 aromatic carbocycles. The van der Waals surface area contributed by atoms with E-state index in [1.165, 1.54) is 43.8 Å². The molecule has 1 heterocycles. The third kappa shape index (κ3) is 3.79. The number of hydrogen-bond donors (Lipinski definition) is 0. The van der Waals surface area contributed by atoms with Gasteiger partial charge in [0.1, 0.15) is 0 Å². The summed E-state index contributed by atoms with van der Waals surface area (Å²) in [5.41, 5.74) is 8.21. The molecule has 6 aromatic rings. The lowest BCUT2D eigenvalue weighted by Crippen LogP contribution is -1.86. The molecule has 0 unspecified atom stereocenters. The second kappa shape index (κ2) is 8.03. The van der Waals surface area contributed by atoms with Crippen molar-refractivity contribution >= 4 is 21.5 Å². The largest absolute Gasteiger partial charge is 0.256 e. The van der Waals surface area contributed by atoms with Crippen LogP contribution in [0.4, 0.5) is 0 Å². The molecule has 0 atom stereocenters. The van der Waals surface area contributed by atoms with Crippen molar-refractivity contribution in [1.29, 1.82) is 0 Å². The van der Waals surface area contributed by atoms with E-state index in [9.17, 15) is 0 Å². The van der Waals surface area contributed by atoms with Crippen LogP contribution in [0.3, 0.4) is 0 Å². The number of fused-ring (bicyclic) bond motifs is 2. The summed E-state index contributed by atoms with van der Waals surface area (Å²) in [4.78, 5) is 4.79. The van der Waals surface area contributed by atoms with E-state index in [-0.39, 0.29) is 0 Å². The maximum absolute atomic E-state index is 4.79. The molecule has 0 spiro atoms. The Morgan fingerprint density at radius 2 is 0.970 bits per heavy atom. The lowest BCUT2D eigenvalue weighted by atomic mass is 9.97. The molecule has 0 saturated heterocycles. The van der Waals surface area contributed by atoms with E-state index in [2.05, 4.69) is 122 Å². The van der Waals surface area contributed by atoms with Crippen molar-refractivity contribution in [1.82, 2.24) is 4.98 Å². The quantitative estimate of drug-likeness (QED) is 0.278. The second-order valence-electron chi connectivity index (χ2n) is 8.64. The highest BCUT2D eigenvalue weighted by Gasteiger charge is 2.06. The summed E-state index contributed by atoms with van der Waals surface area (Å²) < 4.78 is 0. The van der Waals surface area contributed by atoms with Gasteiger partial charge in [-0.25, -0.2) is 0 Å². The van der Waals surface area contributed by atoms with E-state index in [1.807, 2.05) is 6.20 Å². The molecular formula is C32H23N. The molecule has 1 nitrogen and oxygen atoms in total. The summed E-state index contributed by atoms with van der Waals surface area (Å²) in [6.07, 6.45) is 1.98. The fourth-order valence-corrected chi connectivity index (χ4v) is 4.44. The molecular weight excluding hydrogens is 398 g/mol. The highest BCUT2D eigenvalue weighted by Crippen LogP contribution is 2.30. The lowest BCUT2D eigenvalue weighted by Gasteiger charge is -2.08. The molecule has 0 radical (unpaired) electrons. The van der Waals surface area contributed by atoms with Gasteiger partial charge in [-0.05, 0) is 69.4 Å². The zero-order valence-electron chi connectivity index (χ0n) is 18.5. The van der Waals surface area contributed by atoms with Crippen LogP contribution in [0, 0.1) is 6.92 Å². The Morgan fingerprint density at radius 1 is 0.424 bits per heavy atom.